The van der Waals surface area contributed by atoms with Gasteiger partial charge in [-0.2, -0.15) is 13.2 Å². The second-order valence-electron chi connectivity index (χ2n) is 3.85. The van der Waals surface area contributed by atoms with Crippen LogP contribution < -0.4 is 10.1 Å². The van der Waals surface area contributed by atoms with E-state index in [2.05, 4.69) is 10.1 Å². The molecule has 0 saturated heterocycles. The van der Waals surface area contributed by atoms with Crippen LogP contribution >= 0.6 is 0 Å². The molecule has 1 aromatic rings. The summed E-state index contributed by atoms with van der Waals surface area (Å²) in [5, 5.41) is 12.4. The zero-order chi connectivity index (χ0) is 14.3. The molecule has 7 heteroatoms. The monoisotopic (exact) mass is 279 g/mol. The summed E-state index contributed by atoms with van der Waals surface area (Å²) in [7, 11) is 1.45. The van der Waals surface area contributed by atoms with Gasteiger partial charge in [-0.3, -0.25) is 0 Å². The lowest BCUT2D eigenvalue weighted by Gasteiger charge is -2.09. The highest BCUT2D eigenvalue weighted by Gasteiger charge is 2.27. The van der Waals surface area contributed by atoms with Crippen molar-refractivity contribution in [2.45, 2.75) is 12.7 Å². The van der Waals surface area contributed by atoms with Crippen LogP contribution in [0.3, 0.4) is 0 Å². The predicted molar refractivity (Wildman–Crippen MR) is 63.2 cm³/mol. The molecule has 108 valence electrons. The van der Waals surface area contributed by atoms with Crippen LogP contribution in [-0.4, -0.2) is 38.2 Å². The Labute approximate surface area is 109 Å². The number of methoxy groups -OCH3 is 1. The molecule has 19 heavy (non-hydrogen) atoms. The van der Waals surface area contributed by atoms with E-state index < -0.39 is 12.8 Å². The fourth-order valence-corrected chi connectivity index (χ4v) is 1.41. The minimum atomic E-state index is -4.29. The highest BCUT2D eigenvalue weighted by molar-refractivity contribution is 5.41. The molecule has 0 aromatic heterocycles. The van der Waals surface area contributed by atoms with E-state index in [4.69, 9.17) is 4.74 Å². The molecule has 4 nitrogen and oxygen atoms in total. The van der Waals surface area contributed by atoms with E-state index in [-0.39, 0.29) is 12.4 Å². The fraction of sp³-hybridized carbons (Fsp3) is 0.500. The first-order valence-corrected chi connectivity index (χ1v) is 5.63. The summed E-state index contributed by atoms with van der Waals surface area (Å²) in [4.78, 5) is 0. The molecular weight excluding hydrogens is 263 g/mol. The average molecular weight is 279 g/mol. The summed E-state index contributed by atoms with van der Waals surface area (Å²) in [6, 6.07) is 4.90. The minimum absolute atomic E-state index is 0.0233. The first kappa shape index (κ1) is 15.6. The summed E-state index contributed by atoms with van der Waals surface area (Å²) in [6.07, 6.45) is -4.29. The van der Waals surface area contributed by atoms with Crippen LogP contribution in [0.1, 0.15) is 5.56 Å². The van der Waals surface area contributed by atoms with E-state index in [1.807, 2.05) is 0 Å². The van der Waals surface area contributed by atoms with E-state index in [0.717, 1.165) is 5.56 Å². The average Bonchev–Trinajstić information content (AvgIpc) is 2.32. The number of benzene rings is 1. The van der Waals surface area contributed by atoms with Crippen LogP contribution in [0.15, 0.2) is 18.2 Å². The molecule has 0 atom stereocenters. The predicted octanol–water partition coefficient (Wildman–Crippen LogP) is 2.07. The Hall–Kier alpha value is -1.47. The number of phenols is 1. The van der Waals surface area contributed by atoms with Crippen molar-refractivity contribution < 1.29 is 27.8 Å². The van der Waals surface area contributed by atoms with Crippen LogP contribution in [0.4, 0.5) is 13.2 Å². The number of hydrogen-bond donors (Lipinski definition) is 2. The molecule has 0 heterocycles. The molecular formula is C12H16F3NO3. The molecule has 0 unspecified atom stereocenters. The largest absolute Gasteiger partial charge is 0.504 e. The van der Waals surface area contributed by atoms with Crippen LogP contribution in [0, 0.1) is 0 Å². The Morgan fingerprint density at radius 1 is 1.32 bits per heavy atom. The Morgan fingerprint density at radius 2 is 2.05 bits per heavy atom. The quantitative estimate of drug-likeness (QED) is 0.750. The topological polar surface area (TPSA) is 50.7 Å². The Bertz CT molecular complexity index is 396. The van der Waals surface area contributed by atoms with Crippen molar-refractivity contribution in [1.29, 1.82) is 0 Å². The van der Waals surface area contributed by atoms with Gasteiger partial charge in [0.15, 0.2) is 11.5 Å². The summed E-state index contributed by atoms with van der Waals surface area (Å²) >= 11 is 0. The van der Waals surface area contributed by atoms with E-state index in [1.54, 1.807) is 12.1 Å². The minimum Gasteiger partial charge on any atom is -0.504 e. The highest BCUT2D eigenvalue weighted by atomic mass is 19.4. The fourth-order valence-electron chi connectivity index (χ4n) is 1.41. The Balaban J connectivity index is 2.21. The van der Waals surface area contributed by atoms with Gasteiger partial charge in [0.2, 0.25) is 0 Å². The van der Waals surface area contributed by atoms with E-state index in [9.17, 15) is 18.3 Å². The maximum atomic E-state index is 11.8. The standard InChI is InChI=1S/C12H16F3NO3/c1-18-11-3-2-9(6-10(11)17)7-16-4-5-19-8-12(13,14)15/h2-3,6,16-17H,4-5,7-8H2,1H3. The van der Waals surface area contributed by atoms with Crippen LogP contribution in [0.5, 0.6) is 11.5 Å². The highest BCUT2D eigenvalue weighted by Crippen LogP contribution is 2.25. The molecule has 0 aliphatic carbocycles. The molecule has 0 fully saturated rings. The van der Waals surface area contributed by atoms with E-state index >= 15 is 0 Å². The molecule has 1 rings (SSSR count). The van der Waals surface area contributed by atoms with E-state index in [0.29, 0.717) is 18.8 Å². The number of hydrogen-bond acceptors (Lipinski definition) is 4. The van der Waals surface area contributed by atoms with Gasteiger partial charge in [0.1, 0.15) is 6.61 Å². The number of ether oxygens (including phenoxy) is 2. The van der Waals surface area contributed by atoms with Crippen LogP contribution in [-0.2, 0) is 11.3 Å². The first-order valence-electron chi connectivity index (χ1n) is 5.63. The summed E-state index contributed by atoms with van der Waals surface area (Å²) in [6.45, 7) is -0.546. The smallest absolute Gasteiger partial charge is 0.411 e. The molecule has 0 amide bonds. The van der Waals surface area contributed by atoms with Crippen molar-refractivity contribution in [2.75, 3.05) is 26.9 Å². The van der Waals surface area contributed by atoms with Gasteiger partial charge < -0.3 is 19.9 Å². The third-order valence-corrected chi connectivity index (χ3v) is 2.26. The lowest BCUT2D eigenvalue weighted by molar-refractivity contribution is -0.173. The summed E-state index contributed by atoms with van der Waals surface area (Å²) < 4.78 is 44.6. The molecule has 2 N–H and O–H groups in total. The van der Waals surface area contributed by atoms with Crippen molar-refractivity contribution in [1.82, 2.24) is 5.32 Å². The Morgan fingerprint density at radius 3 is 2.63 bits per heavy atom. The van der Waals surface area contributed by atoms with Crippen LogP contribution in [0.2, 0.25) is 0 Å². The van der Waals surface area contributed by atoms with Crippen LogP contribution in [0.25, 0.3) is 0 Å². The molecule has 0 aliphatic heterocycles. The maximum absolute atomic E-state index is 11.8. The lowest BCUT2D eigenvalue weighted by Crippen LogP contribution is -2.23. The number of rotatable bonds is 7. The zero-order valence-electron chi connectivity index (χ0n) is 10.5. The third-order valence-electron chi connectivity index (χ3n) is 2.26. The molecule has 0 aliphatic rings. The maximum Gasteiger partial charge on any atom is 0.411 e. The number of phenolic OH excluding ortho intramolecular Hbond substituents is 1. The number of nitrogens with one attached hydrogen (secondary N) is 1. The van der Waals surface area contributed by atoms with Crippen molar-refractivity contribution >= 4 is 0 Å². The van der Waals surface area contributed by atoms with Gasteiger partial charge in [-0.15, -0.1) is 0 Å². The van der Waals surface area contributed by atoms with Gasteiger partial charge in [0, 0.05) is 13.1 Å². The molecule has 0 bridgehead atoms. The third kappa shape index (κ3) is 6.30. The van der Waals surface area contributed by atoms with Crippen molar-refractivity contribution in [3.05, 3.63) is 23.8 Å². The zero-order valence-corrected chi connectivity index (χ0v) is 10.5. The number of halogens is 3. The van der Waals surface area contributed by atoms with Gasteiger partial charge >= 0.3 is 6.18 Å². The molecule has 0 saturated carbocycles. The lowest BCUT2D eigenvalue weighted by atomic mass is 10.2. The summed E-state index contributed by atoms with van der Waals surface area (Å²) in [5.74, 6) is 0.396. The first-order chi connectivity index (χ1) is 8.92. The Kier molecular flexibility index (Phi) is 5.91. The van der Waals surface area contributed by atoms with E-state index in [1.165, 1.54) is 13.2 Å². The van der Waals surface area contributed by atoms with Crippen molar-refractivity contribution in [3.8, 4) is 11.5 Å². The van der Waals surface area contributed by atoms with Gasteiger partial charge in [-0.05, 0) is 17.7 Å². The second kappa shape index (κ2) is 7.20. The van der Waals surface area contributed by atoms with Crippen molar-refractivity contribution in [2.24, 2.45) is 0 Å². The molecule has 1 aromatic carbocycles. The number of aromatic hydroxyl groups is 1. The van der Waals surface area contributed by atoms with Gasteiger partial charge in [0.25, 0.3) is 0 Å². The normalized spacial score (nSPS) is 11.6. The molecule has 0 spiro atoms. The number of alkyl halides is 3. The summed E-state index contributed by atoms with van der Waals surface area (Å²) in [5.41, 5.74) is 0.800. The molecule has 0 radical (unpaired) electrons. The SMILES string of the molecule is COc1ccc(CNCCOCC(F)(F)F)cc1O. The van der Waals surface area contributed by atoms with Crippen molar-refractivity contribution in [3.63, 3.8) is 0 Å². The van der Waals surface area contributed by atoms with Gasteiger partial charge in [-0.25, -0.2) is 0 Å². The second-order valence-corrected chi connectivity index (χ2v) is 3.85. The van der Waals surface area contributed by atoms with Gasteiger partial charge in [0.05, 0.1) is 13.7 Å². The van der Waals surface area contributed by atoms with Gasteiger partial charge in [-0.1, -0.05) is 6.07 Å².